The Balaban J connectivity index is 2.38. The van der Waals surface area contributed by atoms with Gasteiger partial charge in [0.1, 0.15) is 6.10 Å². The largest absolute Gasteiger partial charge is 0.506 e. The minimum Gasteiger partial charge on any atom is -0.379 e. The lowest BCUT2D eigenvalue weighted by Gasteiger charge is -2.42. The van der Waals surface area contributed by atoms with Crippen molar-refractivity contribution in [3.05, 3.63) is 0 Å². The van der Waals surface area contributed by atoms with E-state index in [1.807, 2.05) is 0 Å². The molecule has 1 rings (SSSR count). The molecule has 1 aliphatic rings. The Morgan fingerprint density at radius 2 is 1.57 bits per heavy atom. The van der Waals surface area contributed by atoms with Crippen molar-refractivity contribution in [1.82, 2.24) is 0 Å². The van der Waals surface area contributed by atoms with E-state index in [-0.39, 0.29) is 10.5 Å². The van der Waals surface area contributed by atoms with Gasteiger partial charge in [0.2, 0.25) is 0 Å². The molecule has 0 aromatic heterocycles. The summed E-state index contributed by atoms with van der Waals surface area (Å²) in [5.41, 5.74) is 0.195. The first kappa shape index (κ1) is 21.1. The number of unbranched alkanes of at least 4 members (excludes halogenated alkanes) is 1. The van der Waals surface area contributed by atoms with Crippen molar-refractivity contribution < 1.29 is 22.8 Å². The summed E-state index contributed by atoms with van der Waals surface area (Å²) in [5, 5.41) is -0.130. The van der Waals surface area contributed by atoms with Gasteiger partial charge in [0, 0.05) is 32.5 Å². The third kappa shape index (κ3) is 7.19. The quantitative estimate of drug-likeness (QED) is 0.306. The molecule has 0 aromatic carbocycles. The van der Waals surface area contributed by atoms with Gasteiger partial charge in [-0.1, -0.05) is 34.6 Å². The van der Waals surface area contributed by atoms with Crippen LogP contribution in [0, 0.1) is 5.41 Å². The lowest BCUT2D eigenvalue weighted by Crippen LogP contribution is -2.54. The van der Waals surface area contributed by atoms with E-state index >= 15 is 0 Å². The van der Waals surface area contributed by atoms with Gasteiger partial charge in [-0.25, -0.2) is 0 Å². The minimum atomic E-state index is -2.72. The summed E-state index contributed by atoms with van der Waals surface area (Å²) in [4.78, 5) is 0. The van der Waals surface area contributed by atoms with Gasteiger partial charge >= 0.3 is 8.80 Å². The maximum absolute atomic E-state index is 6.19. The van der Waals surface area contributed by atoms with Crippen LogP contribution >= 0.6 is 0 Å². The second-order valence-corrected chi connectivity index (χ2v) is 11.7. The van der Waals surface area contributed by atoms with Gasteiger partial charge in [-0.05, 0) is 24.7 Å². The molecule has 1 unspecified atom stereocenters. The fourth-order valence-electron chi connectivity index (χ4n) is 3.27. The molecular formula is C17H36O5Si. The van der Waals surface area contributed by atoms with Gasteiger partial charge in [-0.15, -0.1) is 0 Å². The van der Waals surface area contributed by atoms with E-state index in [2.05, 4.69) is 34.6 Å². The van der Waals surface area contributed by atoms with Gasteiger partial charge in [0.05, 0.1) is 13.2 Å². The molecule has 1 heterocycles. The fraction of sp³-hybridized carbons (Fsp3) is 1.00. The van der Waals surface area contributed by atoms with E-state index in [4.69, 9.17) is 22.8 Å². The van der Waals surface area contributed by atoms with Crippen LogP contribution in [0.5, 0.6) is 0 Å². The van der Waals surface area contributed by atoms with E-state index in [0.717, 1.165) is 32.5 Å². The van der Waals surface area contributed by atoms with Crippen molar-refractivity contribution >= 4 is 8.80 Å². The SMILES string of the molecule is CO[Si](OC)(OCCCCOCC1CO1)C(C)(C)CC(C)(C)C. The van der Waals surface area contributed by atoms with Crippen LogP contribution in [0.15, 0.2) is 0 Å². The first-order valence-corrected chi connectivity index (χ1v) is 10.3. The van der Waals surface area contributed by atoms with Crippen LogP contribution in [-0.2, 0) is 22.8 Å². The maximum atomic E-state index is 6.19. The zero-order valence-electron chi connectivity index (χ0n) is 16.1. The van der Waals surface area contributed by atoms with Crippen LogP contribution in [0.3, 0.4) is 0 Å². The third-order valence-electron chi connectivity index (χ3n) is 4.02. The Morgan fingerprint density at radius 3 is 2.04 bits per heavy atom. The molecule has 23 heavy (non-hydrogen) atoms. The van der Waals surface area contributed by atoms with Crippen molar-refractivity contribution in [3.8, 4) is 0 Å². The standard InChI is InChI=1S/C17H36O5Si/c1-16(2,3)14-17(4,5)23(18-6,19-7)22-11-9-8-10-20-12-15-13-21-15/h15H,8-14H2,1-7H3. The highest BCUT2D eigenvalue weighted by Crippen LogP contribution is 2.47. The summed E-state index contributed by atoms with van der Waals surface area (Å²) in [7, 11) is 0.696. The van der Waals surface area contributed by atoms with Crippen LogP contribution in [-0.4, -0.2) is 55.6 Å². The predicted octanol–water partition coefficient (Wildman–Crippen LogP) is 3.65. The number of hydrogen-bond donors (Lipinski definition) is 0. The van der Waals surface area contributed by atoms with E-state index < -0.39 is 8.80 Å². The summed E-state index contributed by atoms with van der Waals surface area (Å²) in [6.07, 6.45) is 3.24. The summed E-state index contributed by atoms with van der Waals surface area (Å²) in [5.74, 6) is 0. The molecule has 0 radical (unpaired) electrons. The average molecular weight is 349 g/mol. The molecule has 1 atom stereocenters. The number of epoxide rings is 1. The van der Waals surface area contributed by atoms with Crippen LogP contribution in [0.25, 0.3) is 0 Å². The van der Waals surface area contributed by atoms with Crippen LogP contribution < -0.4 is 0 Å². The summed E-state index contributed by atoms with van der Waals surface area (Å²) in [6, 6.07) is 0. The second-order valence-electron chi connectivity index (χ2n) is 8.17. The first-order chi connectivity index (χ1) is 10.7. The smallest absolute Gasteiger partial charge is 0.379 e. The minimum absolute atomic E-state index is 0.130. The van der Waals surface area contributed by atoms with Crippen molar-refractivity contribution in [2.75, 3.05) is 40.6 Å². The molecule has 0 spiro atoms. The Hall–Kier alpha value is 0.0169. The van der Waals surface area contributed by atoms with Gasteiger partial charge in [-0.3, -0.25) is 0 Å². The summed E-state index contributed by atoms with van der Waals surface area (Å²) >= 11 is 0. The molecule has 5 nitrogen and oxygen atoms in total. The highest BCUT2D eigenvalue weighted by molar-refractivity contribution is 6.64. The molecule has 0 saturated carbocycles. The van der Waals surface area contributed by atoms with E-state index in [0.29, 0.717) is 19.3 Å². The number of rotatable bonds is 12. The van der Waals surface area contributed by atoms with Crippen molar-refractivity contribution in [2.24, 2.45) is 5.41 Å². The molecule has 0 amide bonds. The second kappa shape index (κ2) is 8.92. The molecule has 1 aliphatic heterocycles. The first-order valence-electron chi connectivity index (χ1n) is 8.59. The normalized spacial score (nSPS) is 19.2. The summed E-state index contributed by atoms with van der Waals surface area (Å²) < 4.78 is 28.5. The van der Waals surface area contributed by atoms with Crippen LogP contribution in [0.1, 0.15) is 53.9 Å². The summed E-state index contributed by atoms with van der Waals surface area (Å²) in [6.45, 7) is 14.1. The van der Waals surface area contributed by atoms with Gasteiger partial charge in [0.25, 0.3) is 0 Å². The molecule has 1 saturated heterocycles. The average Bonchev–Trinajstić information content (AvgIpc) is 3.23. The lowest BCUT2D eigenvalue weighted by atomic mass is 9.86. The highest BCUT2D eigenvalue weighted by Gasteiger charge is 2.55. The van der Waals surface area contributed by atoms with Crippen molar-refractivity contribution in [3.63, 3.8) is 0 Å². The topological polar surface area (TPSA) is 49.5 Å². The number of ether oxygens (including phenoxy) is 2. The Labute approximate surface area is 143 Å². The zero-order chi connectivity index (χ0) is 17.6. The van der Waals surface area contributed by atoms with Crippen molar-refractivity contribution in [1.29, 1.82) is 0 Å². The molecule has 1 fully saturated rings. The van der Waals surface area contributed by atoms with Crippen molar-refractivity contribution in [2.45, 2.75) is 65.0 Å². The van der Waals surface area contributed by atoms with Crippen LogP contribution in [0.2, 0.25) is 5.04 Å². The maximum Gasteiger partial charge on any atom is 0.506 e. The fourth-order valence-corrected chi connectivity index (χ4v) is 6.33. The van der Waals surface area contributed by atoms with Gasteiger partial charge in [-0.2, -0.15) is 0 Å². The molecule has 6 heteroatoms. The van der Waals surface area contributed by atoms with E-state index in [9.17, 15) is 0 Å². The Morgan fingerprint density at radius 1 is 1.00 bits per heavy atom. The molecule has 0 aromatic rings. The molecule has 0 bridgehead atoms. The van der Waals surface area contributed by atoms with Gasteiger partial charge in [0.15, 0.2) is 0 Å². The lowest BCUT2D eigenvalue weighted by molar-refractivity contribution is 0.0579. The highest BCUT2D eigenvalue weighted by atomic mass is 28.4. The monoisotopic (exact) mass is 348 g/mol. The van der Waals surface area contributed by atoms with Crippen LogP contribution in [0.4, 0.5) is 0 Å². The van der Waals surface area contributed by atoms with E-state index in [1.54, 1.807) is 14.2 Å². The Bertz CT molecular complexity index is 332. The zero-order valence-corrected chi connectivity index (χ0v) is 17.1. The number of hydrogen-bond acceptors (Lipinski definition) is 5. The molecule has 0 aliphatic carbocycles. The predicted molar refractivity (Wildman–Crippen MR) is 93.6 cm³/mol. The van der Waals surface area contributed by atoms with Gasteiger partial charge < -0.3 is 22.8 Å². The van der Waals surface area contributed by atoms with E-state index in [1.165, 1.54) is 0 Å². The molecule has 0 N–H and O–H groups in total. The molecular weight excluding hydrogens is 312 g/mol. The Kier molecular flexibility index (Phi) is 8.17. The molecule has 138 valence electrons. The third-order valence-corrected chi connectivity index (χ3v) is 7.51.